The minimum Gasteiger partial charge on any atom is -0.444 e. The van der Waals surface area contributed by atoms with Gasteiger partial charge in [-0.05, 0) is 77.5 Å². The standard InChI is InChI=1S/C26H43N3O4S/c1-9-10-16-29(22(23(30)27-18(2)3)20-14-12-11-13-19(20)4)24(31)21(15-17-34-8)28-25(32)33-26(5,6)7/h11-14,18,21-22H,9-10,15-17H2,1-8H3,(H,27,30)(H,28,32). The summed E-state index contributed by atoms with van der Waals surface area (Å²) in [5.74, 6) is 0.177. The summed E-state index contributed by atoms with van der Waals surface area (Å²) >= 11 is 1.60. The normalized spacial score (nSPS) is 13.2. The summed E-state index contributed by atoms with van der Waals surface area (Å²) in [7, 11) is 0. The number of alkyl carbamates (subject to hydrolysis) is 1. The fourth-order valence-electron chi connectivity index (χ4n) is 3.55. The third kappa shape index (κ3) is 9.95. The Kier molecular flexibility index (Phi) is 12.5. The van der Waals surface area contributed by atoms with Gasteiger partial charge in [0.05, 0.1) is 0 Å². The molecule has 3 amide bonds. The average molecular weight is 494 g/mol. The van der Waals surface area contributed by atoms with Gasteiger partial charge in [-0.1, -0.05) is 37.6 Å². The Morgan fingerprint density at radius 1 is 1.12 bits per heavy atom. The van der Waals surface area contributed by atoms with Crippen molar-refractivity contribution in [3.8, 4) is 0 Å². The molecule has 7 nitrogen and oxygen atoms in total. The molecule has 2 atom stereocenters. The Morgan fingerprint density at radius 2 is 1.76 bits per heavy atom. The van der Waals surface area contributed by atoms with Crippen molar-refractivity contribution in [2.45, 2.75) is 91.5 Å². The number of hydrogen-bond acceptors (Lipinski definition) is 5. The summed E-state index contributed by atoms with van der Waals surface area (Å²) in [5.41, 5.74) is 1.03. The molecule has 0 aliphatic carbocycles. The van der Waals surface area contributed by atoms with Gasteiger partial charge in [0.25, 0.3) is 0 Å². The van der Waals surface area contributed by atoms with Crippen LogP contribution in [0.4, 0.5) is 4.79 Å². The number of ether oxygens (including phenoxy) is 1. The third-order valence-electron chi connectivity index (χ3n) is 5.11. The molecule has 1 rings (SSSR count). The lowest BCUT2D eigenvalue weighted by Gasteiger charge is -2.35. The molecular formula is C26H43N3O4S. The van der Waals surface area contributed by atoms with Gasteiger partial charge in [0.2, 0.25) is 11.8 Å². The monoisotopic (exact) mass is 493 g/mol. The van der Waals surface area contributed by atoms with E-state index < -0.39 is 23.8 Å². The zero-order valence-corrected chi connectivity index (χ0v) is 22.9. The lowest BCUT2D eigenvalue weighted by atomic mass is 9.97. The van der Waals surface area contributed by atoms with Crippen LogP contribution in [0.25, 0.3) is 0 Å². The maximum Gasteiger partial charge on any atom is 0.408 e. The number of amides is 3. The number of carbonyl (C=O) groups is 3. The summed E-state index contributed by atoms with van der Waals surface area (Å²) in [6.07, 6.45) is 3.36. The number of nitrogens with zero attached hydrogens (tertiary/aromatic N) is 1. The molecule has 1 aromatic carbocycles. The molecule has 1 aromatic rings. The van der Waals surface area contributed by atoms with Crippen LogP contribution in [0.2, 0.25) is 0 Å². The van der Waals surface area contributed by atoms with Crippen molar-refractivity contribution in [3.63, 3.8) is 0 Å². The van der Waals surface area contributed by atoms with Crippen LogP contribution >= 0.6 is 11.8 Å². The van der Waals surface area contributed by atoms with E-state index in [-0.39, 0.29) is 17.9 Å². The predicted octanol–water partition coefficient (Wildman–Crippen LogP) is 4.84. The molecule has 8 heteroatoms. The maximum absolute atomic E-state index is 13.9. The Labute approximate surface area is 209 Å². The van der Waals surface area contributed by atoms with Gasteiger partial charge in [0, 0.05) is 12.6 Å². The van der Waals surface area contributed by atoms with Crippen molar-refractivity contribution in [1.82, 2.24) is 15.5 Å². The van der Waals surface area contributed by atoms with E-state index >= 15 is 0 Å². The van der Waals surface area contributed by atoms with E-state index in [4.69, 9.17) is 4.74 Å². The van der Waals surface area contributed by atoms with Gasteiger partial charge in [0.15, 0.2) is 0 Å². The molecule has 0 heterocycles. The average Bonchev–Trinajstić information content (AvgIpc) is 2.72. The molecule has 192 valence electrons. The molecular weight excluding hydrogens is 450 g/mol. The van der Waals surface area contributed by atoms with Crippen LogP contribution in [0.1, 0.15) is 78.0 Å². The smallest absolute Gasteiger partial charge is 0.408 e. The molecule has 0 spiro atoms. The van der Waals surface area contributed by atoms with Crippen LogP contribution < -0.4 is 10.6 Å². The van der Waals surface area contributed by atoms with Gasteiger partial charge in [-0.3, -0.25) is 9.59 Å². The molecule has 0 saturated carbocycles. The first kappa shape index (κ1) is 29.8. The number of rotatable bonds is 12. The van der Waals surface area contributed by atoms with Crippen molar-refractivity contribution >= 4 is 29.7 Å². The number of carbonyl (C=O) groups excluding carboxylic acids is 3. The quantitative estimate of drug-likeness (QED) is 0.435. The number of hydrogen-bond donors (Lipinski definition) is 2. The van der Waals surface area contributed by atoms with Crippen LogP contribution in [0.15, 0.2) is 24.3 Å². The van der Waals surface area contributed by atoms with Gasteiger partial charge in [-0.2, -0.15) is 11.8 Å². The highest BCUT2D eigenvalue weighted by Gasteiger charge is 2.36. The lowest BCUT2D eigenvalue weighted by Crippen LogP contribution is -2.54. The third-order valence-corrected chi connectivity index (χ3v) is 5.75. The fourth-order valence-corrected chi connectivity index (χ4v) is 4.02. The molecule has 0 bridgehead atoms. The van der Waals surface area contributed by atoms with E-state index in [1.807, 2.05) is 58.2 Å². The van der Waals surface area contributed by atoms with Crippen molar-refractivity contribution in [3.05, 3.63) is 35.4 Å². The zero-order valence-electron chi connectivity index (χ0n) is 22.1. The SMILES string of the molecule is CCCCN(C(=O)C(CCSC)NC(=O)OC(C)(C)C)C(C(=O)NC(C)C)c1ccccc1C. The Bertz CT molecular complexity index is 807. The van der Waals surface area contributed by atoms with E-state index in [2.05, 4.69) is 10.6 Å². The van der Waals surface area contributed by atoms with Crippen molar-refractivity contribution in [1.29, 1.82) is 0 Å². The summed E-state index contributed by atoms with van der Waals surface area (Å²) in [6, 6.07) is 5.97. The van der Waals surface area contributed by atoms with Crippen LogP contribution in [-0.4, -0.2) is 59.0 Å². The molecule has 0 fully saturated rings. The zero-order chi connectivity index (χ0) is 25.9. The molecule has 0 saturated heterocycles. The Morgan fingerprint density at radius 3 is 2.29 bits per heavy atom. The Hall–Kier alpha value is -2.22. The molecule has 0 radical (unpaired) electrons. The van der Waals surface area contributed by atoms with Gasteiger partial charge < -0.3 is 20.3 Å². The molecule has 0 aliphatic heterocycles. The molecule has 0 aliphatic rings. The second kappa shape index (κ2) is 14.2. The number of unbranched alkanes of at least 4 members (excludes halogenated alkanes) is 1. The molecule has 2 N–H and O–H groups in total. The predicted molar refractivity (Wildman–Crippen MR) is 140 cm³/mol. The van der Waals surface area contributed by atoms with Crippen molar-refractivity contribution < 1.29 is 19.1 Å². The van der Waals surface area contributed by atoms with E-state index in [0.29, 0.717) is 18.7 Å². The first-order chi connectivity index (χ1) is 15.9. The number of nitrogens with one attached hydrogen (secondary N) is 2. The van der Waals surface area contributed by atoms with Gasteiger partial charge >= 0.3 is 6.09 Å². The topological polar surface area (TPSA) is 87.7 Å². The van der Waals surface area contributed by atoms with Crippen molar-refractivity contribution in [2.75, 3.05) is 18.6 Å². The number of aryl methyl sites for hydroxylation is 1. The number of benzene rings is 1. The van der Waals surface area contributed by atoms with Crippen LogP contribution in [0, 0.1) is 6.92 Å². The highest BCUT2D eigenvalue weighted by atomic mass is 32.2. The molecule has 2 unspecified atom stereocenters. The van der Waals surface area contributed by atoms with E-state index in [0.717, 1.165) is 24.0 Å². The minimum absolute atomic E-state index is 0.0747. The first-order valence-electron chi connectivity index (χ1n) is 12.1. The summed E-state index contributed by atoms with van der Waals surface area (Å²) < 4.78 is 5.42. The summed E-state index contributed by atoms with van der Waals surface area (Å²) in [6.45, 7) is 13.5. The Balaban J connectivity index is 3.43. The number of thioether (sulfide) groups is 1. The van der Waals surface area contributed by atoms with E-state index in [1.165, 1.54) is 0 Å². The second-order valence-corrected chi connectivity index (χ2v) is 10.8. The lowest BCUT2D eigenvalue weighted by molar-refractivity contribution is -0.142. The summed E-state index contributed by atoms with van der Waals surface area (Å²) in [4.78, 5) is 41.6. The van der Waals surface area contributed by atoms with Gasteiger partial charge in [0.1, 0.15) is 17.7 Å². The highest BCUT2D eigenvalue weighted by Crippen LogP contribution is 2.27. The first-order valence-corrected chi connectivity index (χ1v) is 13.5. The minimum atomic E-state index is -0.794. The maximum atomic E-state index is 13.9. The van der Waals surface area contributed by atoms with Gasteiger partial charge in [-0.25, -0.2) is 4.79 Å². The fraction of sp³-hybridized carbons (Fsp3) is 0.654. The van der Waals surface area contributed by atoms with E-state index in [1.54, 1.807) is 37.4 Å². The van der Waals surface area contributed by atoms with Crippen LogP contribution in [0.5, 0.6) is 0 Å². The van der Waals surface area contributed by atoms with Crippen LogP contribution in [0.3, 0.4) is 0 Å². The van der Waals surface area contributed by atoms with E-state index in [9.17, 15) is 14.4 Å². The van der Waals surface area contributed by atoms with Crippen molar-refractivity contribution in [2.24, 2.45) is 0 Å². The highest BCUT2D eigenvalue weighted by molar-refractivity contribution is 7.98. The second-order valence-electron chi connectivity index (χ2n) is 9.79. The largest absolute Gasteiger partial charge is 0.444 e. The van der Waals surface area contributed by atoms with Gasteiger partial charge in [-0.15, -0.1) is 0 Å². The molecule has 34 heavy (non-hydrogen) atoms. The van der Waals surface area contributed by atoms with Crippen LogP contribution in [-0.2, 0) is 14.3 Å². The molecule has 0 aromatic heterocycles. The summed E-state index contributed by atoms with van der Waals surface area (Å²) in [5, 5.41) is 5.75.